The molecule has 0 radical (unpaired) electrons. The number of aromatic nitrogens is 4. The second-order valence-corrected chi connectivity index (χ2v) is 24.2. The molecule has 7 unspecified atom stereocenters. The lowest BCUT2D eigenvalue weighted by molar-refractivity contribution is -0.200. The van der Waals surface area contributed by atoms with Crippen LogP contribution in [0, 0.1) is 11.8 Å². The predicted molar refractivity (Wildman–Crippen MR) is 328 cm³/mol. The van der Waals surface area contributed by atoms with E-state index in [0.29, 0.717) is 91.4 Å². The van der Waals surface area contributed by atoms with Crippen molar-refractivity contribution in [3.05, 3.63) is 125 Å². The van der Waals surface area contributed by atoms with Crippen molar-refractivity contribution in [1.29, 1.82) is 0 Å². The minimum atomic E-state index is -1.00. The van der Waals surface area contributed by atoms with Gasteiger partial charge in [0.25, 0.3) is 0 Å². The van der Waals surface area contributed by atoms with Crippen LogP contribution < -0.4 is 37.3 Å². The molecular weight excluding hydrogens is 1090 g/mol. The number of nitrogens with one attached hydrogen (secondary N) is 3. The summed E-state index contributed by atoms with van der Waals surface area (Å²) in [6.45, 7) is 9.19. The Morgan fingerprint density at radius 1 is 0.881 bits per heavy atom. The zero-order valence-corrected chi connectivity index (χ0v) is 49.6. The Morgan fingerprint density at radius 2 is 1.60 bits per heavy atom. The molecular formula is C63H85N11O9S. The standard InChI is InChI=1S/C38H52N4O5.C15H16N6O3.C6H7N.C4H10OS/c1-23(2)16-19-40-32(44)6-4-5-28(25-9-12-27(39)13-10-25)36(45)41(3)29-15-17-38(46)31-21-26-11-14-30(43)34-33(26)37(38,35(29)47-34)18-20-42(31)22-24-7-8-24;16-15-20-13-12(18-8-19-13)14(21-15)24-7-10-3-1-9(2-4-10)5-17-11(23)6-22;7-6-4-2-1-3-5-6;1-4(6)2-3-5/h9-14,23-24,28-29,31,35,43,46H,4-8,15-22,39H2,1-3H3,(H,40,44);1-4,8,22H,5-7H2,(H,17,23)(H3,16,18,19,20,21);1-5H,7H2;4-6H,2-3H2,1H3. The smallest absolute Gasteiger partial charge is 0.245 e. The molecule has 13 N–H and O–H groups in total. The third-order valence-corrected chi connectivity index (χ3v) is 17.1. The SMILES string of the molecule is CC(C)CCNC(=O)CCCC(C(=O)N(C)C1CCC2(O)C3Cc4ccc(O)c5c4C2(CCN3CC2CC2)C1O5)c1ccc(N)cc1.CC(S)CCO.Nc1ccccc1.Nc1nc(OCc2ccc(CNC(=O)CO)cc2)c2[nH]cnc2n1. The van der Waals surface area contributed by atoms with Gasteiger partial charge in [0.2, 0.25) is 29.5 Å². The van der Waals surface area contributed by atoms with Crippen LogP contribution in [0.2, 0.25) is 0 Å². The number of likely N-dealkylation sites (N-methyl/N-ethyl adjacent to an activating group) is 1. The molecule has 2 aromatic heterocycles. The number of hydrogen-bond acceptors (Lipinski definition) is 17. The molecule has 2 aliphatic heterocycles. The molecule has 2 saturated carbocycles. The Labute approximate surface area is 497 Å². The normalized spacial score (nSPS) is 21.4. The maximum atomic E-state index is 14.6. The zero-order valence-electron chi connectivity index (χ0n) is 48.8. The number of nitrogens with two attached hydrogens (primary N) is 3. The molecule has 2 bridgehead atoms. The maximum absolute atomic E-state index is 14.6. The molecule has 5 aliphatic rings. The zero-order chi connectivity index (χ0) is 60.1. The molecule has 452 valence electrons. The molecule has 4 heterocycles. The summed E-state index contributed by atoms with van der Waals surface area (Å²) in [5, 5.41) is 46.7. The molecule has 11 rings (SSSR count). The van der Waals surface area contributed by atoms with Crippen molar-refractivity contribution in [2.75, 3.05) is 57.1 Å². The molecule has 1 spiro atoms. The van der Waals surface area contributed by atoms with Gasteiger partial charge < -0.3 is 67.6 Å². The van der Waals surface area contributed by atoms with Crippen molar-refractivity contribution >= 4 is 58.8 Å². The Balaban J connectivity index is 0.000000204. The first-order chi connectivity index (χ1) is 40.3. The molecule has 7 atom stereocenters. The summed E-state index contributed by atoms with van der Waals surface area (Å²) in [5.74, 6) is 1.41. The number of carbonyl (C=O) groups is 3. The van der Waals surface area contributed by atoms with Crippen LogP contribution in [-0.2, 0) is 39.4 Å². The highest BCUT2D eigenvalue weighted by molar-refractivity contribution is 7.80. The number of likely N-dealkylation sites (tertiary alicyclic amines) is 1. The minimum absolute atomic E-state index is 0.0119. The fraction of sp³-hybridized carbons (Fsp3) is 0.492. The lowest BCUT2D eigenvalue weighted by Gasteiger charge is -2.64. The van der Waals surface area contributed by atoms with Crippen LogP contribution in [0.4, 0.5) is 17.3 Å². The third-order valence-electron chi connectivity index (χ3n) is 16.8. The number of benzene rings is 4. The van der Waals surface area contributed by atoms with E-state index in [0.717, 1.165) is 78.2 Å². The van der Waals surface area contributed by atoms with Gasteiger partial charge in [-0.05, 0) is 135 Å². The fourth-order valence-corrected chi connectivity index (χ4v) is 12.3. The van der Waals surface area contributed by atoms with Gasteiger partial charge in [0.1, 0.15) is 24.8 Å². The summed E-state index contributed by atoms with van der Waals surface area (Å²) in [6, 6.07) is 27.9. The number of aliphatic hydroxyl groups is 3. The number of para-hydroxylation sites is 1. The first-order valence-corrected chi connectivity index (χ1v) is 29.9. The molecule has 20 nitrogen and oxygen atoms in total. The number of fused-ring (bicyclic) bond motifs is 1. The van der Waals surface area contributed by atoms with Crippen molar-refractivity contribution in [3.8, 4) is 17.4 Å². The van der Waals surface area contributed by atoms with Crippen LogP contribution in [0.15, 0.2) is 97.3 Å². The van der Waals surface area contributed by atoms with Crippen LogP contribution in [0.25, 0.3) is 11.2 Å². The van der Waals surface area contributed by atoms with Gasteiger partial charge in [-0.2, -0.15) is 22.6 Å². The highest BCUT2D eigenvalue weighted by Crippen LogP contribution is 2.66. The number of carbonyl (C=O) groups excluding carboxylic acids is 3. The summed E-state index contributed by atoms with van der Waals surface area (Å²) >= 11 is 4.02. The van der Waals surface area contributed by atoms with E-state index in [1.54, 1.807) is 6.07 Å². The van der Waals surface area contributed by atoms with Gasteiger partial charge in [0.05, 0.1) is 29.3 Å². The monoisotopic (exact) mass is 1170 g/mol. The van der Waals surface area contributed by atoms with Crippen molar-refractivity contribution < 1.29 is 44.3 Å². The van der Waals surface area contributed by atoms with Crippen molar-refractivity contribution in [2.24, 2.45) is 11.8 Å². The Morgan fingerprint density at radius 3 is 2.24 bits per heavy atom. The first-order valence-electron chi connectivity index (χ1n) is 29.4. The van der Waals surface area contributed by atoms with E-state index in [2.05, 4.69) is 61.9 Å². The molecule has 21 heteroatoms. The number of ether oxygens (including phenoxy) is 2. The Kier molecular flexibility index (Phi) is 21.4. The average Bonchev–Trinajstić information content (AvgIpc) is 1.36. The van der Waals surface area contributed by atoms with Gasteiger partial charge in [0, 0.05) is 67.9 Å². The number of phenolic OH excluding ortho intramolecular Hbond substituents is 1. The van der Waals surface area contributed by atoms with E-state index in [4.69, 9.17) is 36.9 Å². The molecule has 3 fully saturated rings. The molecule has 3 amide bonds. The van der Waals surface area contributed by atoms with E-state index in [9.17, 15) is 24.6 Å². The number of anilines is 3. The largest absolute Gasteiger partial charge is 0.504 e. The number of H-pyrrole nitrogens is 1. The van der Waals surface area contributed by atoms with Crippen LogP contribution in [0.3, 0.4) is 0 Å². The highest BCUT2D eigenvalue weighted by atomic mass is 32.1. The quantitative estimate of drug-likeness (QED) is 0.0285. The number of hydrogen-bond donors (Lipinski definition) is 11. The number of phenols is 1. The van der Waals surface area contributed by atoms with Gasteiger partial charge in [0.15, 0.2) is 17.1 Å². The number of nitrogen functional groups attached to an aromatic ring is 3. The van der Waals surface area contributed by atoms with Gasteiger partial charge in [-0.25, -0.2) is 4.98 Å². The van der Waals surface area contributed by atoms with Crippen LogP contribution in [0.5, 0.6) is 17.4 Å². The van der Waals surface area contributed by atoms with Crippen molar-refractivity contribution in [1.82, 2.24) is 40.4 Å². The molecule has 84 heavy (non-hydrogen) atoms. The number of imidazole rings is 1. The summed E-state index contributed by atoms with van der Waals surface area (Å²) in [5.41, 5.74) is 22.7. The lowest BCUT2D eigenvalue weighted by Crippen LogP contribution is -2.78. The van der Waals surface area contributed by atoms with Crippen LogP contribution in [-0.4, -0.2) is 137 Å². The Hall–Kier alpha value is -7.17. The number of thiol groups is 1. The summed E-state index contributed by atoms with van der Waals surface area (Å²) in [6.07, 6.45) is 9.41. The molecule has 4 aromatic carbocycles. The minimum Gasteiger partial charge on any atom is -0.504 e. The Bertz CT molecular complexity index is 3130. The van der Waals surface area contributed by atoms with Gasteiger partial charge >= 0.3 is 0 Å². The van der Waals surface area contributed by atoms with Gasteiger partial charge in [-0.3, -0.25) is 19.3 Å². The number of aromatic hydroxyl groups is 1. The molecule has 3 aliphatic carbocycles. The van der Waals surface area contributed by atoms with Crippen molar-refractivity contribution in [2.45, 2.75) is 145 Å². The van der Waals surface area contributed by atoms with E-state index >= 15 is 0 Å². The second-order valence-electron chi connectivity index (χ2n) is 23.3. The van der Waals surface area contributed by atoms with E-state index in [1.807, 2.05) is 104 Å². The fourth-order valence-electron chi connectivity index (χ4n) is 12.2. The number of rotatable bonds is 20. The average molecular weight is 1170 g/mol. The van der Waals surface area contributed by atoms with Crippen LogP contribution in [0.1, 0.15) is 119 Å². The van der Waals surface area contributed by atoms with Gasteiger partial charge in [-0.15, -0.1) is 0 Å². The van der Waals surface area contributed by atoms with Crippen molar-refractivity contribution in [3.63, 3.8) is 0 Å². The topological polar surface area (TPSA) is 314 Å². The highest BCUT2D eigenvalue weighted by Gasteiger charge is 2.73. The predicted octanol–water partition coefficient (Wildman–Crippen LogP) is 6.56. The van der Waals surface area contributed by atoms with E-state index < -0.39 is 35.6 Å². The number of aliphatic hydroxyl groups excluding tert-OH is 2. The molecule has 6 aromatic rings. The summed E-state index contributed by atoms with van der Waals surface area (Å²) < 4.78 is 12.5. The third kappa shape index (κ3) is 15.0. The lowest BCUT2D eigenvalue weighted by atomic mass is 9.48. The molecule has 1 saturated heterocycles. The van der Waals surface area contributed by atoms with E-state index in [-0.39, 0.29) is 42.2 Å². The van der Waals surface area contributed by atoms with E-state index in [1.165, 1.54) is 19.2 Å². The summed E-state index contributed by atoms with van der Waals surface area (Å²) in [7, 11) is 1.87. The van der Waals surface area contributed by atoms with Gasteiger partial charge in [-0.1, -0.05) is 81.4 Å². The first kappa shape index (κ1) is 62.9. The number of aromatic amines is 1. The number of nitrogens with zero attached hydrogens (tertiary/aromatic N) is 5. The maximum Gasteiger partial charge on any atom is 0.245 e. The number of amides is 3. The summed E-state index contributed by atoms with van der Waals surface area (Å²) in [4.78, 5) is 57.6. The second kappa shape index (κ2) is 28.6. The van der Waals surface area contributed by atoms with Crippen LogP contribution >= 0.6 is 12.6 Å². The number of piperidine rings is 1.